The third kappa shape index (κ3) is 6.38. The molecule has 0 radical (unpaired) electrons. The minimum atomic E-state index is -0.569. The molecule has 1 aliphatic carbocycles. The maximum absolute atomic E-state index is 12.8. The Morgan fingerprint density at radius 3 is 2.63 bits per heavy atom. The first-order chi connectivity index (χ1) is 19.7. The van der Waals surface area contributed by atoms with Gasteiger partial charge in [-0.15, -0.1) is 0 Å². The monoisotopic (exact) mass is 555 g/mol. The van der Waals surface area contributed by atoms with Crippen LogP contribution in [0.1, 0.15) is 85.9 Å². The molecule has 6 rings (SSSR count). The Hall–Kier alpha value is -3.10. The van der Waals surface area contributed by atoms with E-state index in [4.69, 9.17) is 9.47 Å². The van der Waals surface area contributed by atoms with Crippen LogP contribution in [0, 0.1) is 10.8 Å². The van der Waals surface area contributed by atoms with Crippen molar-refractivity contribution in [1.82, 2.24) is 9.88 Å². The van der Waals surface area contributed by atoms with Crippen molar-refractivity contribution in [2.45, 2.75) is 77.6 Å². The van der Waals surface area contributed by atoms with Crippen LogP contribution in [0.25, 0.3) is 0 Å². The first-order valence-corrected chi connectivity index (χ1v) is 14.7. The Bertz CT molecular complexity index is 1360. The highest BCUT2D eigenvalue weighted by atomic mass is 16.7. The summed E-state index contributed by atoms with van der Waals surface area (Å²) in [6.45, 7) is 9.27. The lowest BCUT2D eigenvalue weighted by Gasteiger charge is -2.41. The van der Waals surface area contributed by atoms with Gasteiger partial charge in [-0.25, -0.2) is 0 Å². The minimum Gasteiger partial charge on any atom is -0.392 e. The van der Waals surface area contributed by atoms with Crippen molar-refractivity contribution in [3.05, 3.63) is 95.3 Å². The number of amides is 1. The normalized spacial score (nSPS) is 29.3. The fourth-order valence-electron chi connectivity index (χ4n) is 7.55. The highest BCUT2D eigenvalue weighted by molar-refractivity contribution is 6.04. The zero-order valence-corrected chi connectivity index (χ0v) is 24.3. The van der Waals surface area contributed by atoms with Gasteiger partial charge in [-0.05, 0) is 65.5 Å². The Morgan fingerprint density at radius 1 is 1.05 bits per heavy atom. The molecule has 0 spiro atoms. The van der Waals surface area contributed by atoms with E-state index in [1.54, 1.807) is 24.5 Å². The number of carbonyl (C=O) groups is 1. The second kappa shape index (κ2) is 11.3. The van der Waals surface area contributed by atoms with Gasteiger partial charge in [0, 0.05) is 49.2 Å². The first kappa shape index (κ1) is 28.0. The molecular weight excluding hydrogens is 514 g/mol. The van der Waals surface area contributed by atoms with Crippen molar-refractivity contribution >= 4 is 11.6 Å². The maximum atomic E-state index is 12.8. The molecular formula is C34H41N3O4. The molecule has 2 aliphatic heterocycles. The topological polar surface area (TPSA) is 83.9 Å². The van der Waals surface area contributed by atoms with E-state index in [0.717, 1.165) is 36.2 Å². The Morgan fingerprint density at radius 2 is 1.88 bits per heavy atom. The summed E-state index contributed by atoms with van der Waals surface area (Å²) in [4.78, 5) is 19.5. The van der Waals surface area contributed by atoms with Gasteiger partial charge in [0.2, 0.25) is 0 Å². The Balaban J connectivity index is 1.23. The summed E-state index contributed by atoms with van der Waals surface area (Å²) in [5, 5.41) is 12.5. The number of likely N-dealkylation sites (tertiary alicyclic amines) is 1. The smallest absolute Gasteiger partial charge is 0.257 e. The molecule has 2 saturated heterocycles. The average Bonchev–Trinajstić information content (AvgIpc) is 3.20. The molecule has 3 heterocycles. The fourth-order valence-corrected chi connectivity index (χ4v) is 7.55. The highest BCUT2D eigenvalue weighted by Gasteiger charge is 2.50. The van der Waals surface area contributed by atoms with E-state index >= 15 is 0 Å². The van der Waals surface area contributed by atoms with Crippen LogP contribution in [0.3, 0.4) is 0 Å². The molecule has 2 unspecified atom stereocenters. The van der Waals surface area contributed by atoms with Gasteiger partial charge in [-0.3, -0.25) is 14.7 Å². The second-order valence-corrected chi connectivity index (χ2v) is 13.3. The lowest BCUT2D eigenvalue weighted by Crippen LogP contribution is -2.42. The number of anilines is 1. The number of hydrogen-bond acceptors (Lipinski definition) is 6. The maximum Gasteiger partial charge on any atom is 0.257 e. The number of rotatable bonds is 7. The van der Waals surface area contributed by atoms with Crippen LogP contribution < -0.4 is 5.32 Å². The van der Waals surface area contributed by atoms with Gasteiger partial charge >= 0.3 is 0 Å². The number of carbonyl (C=O) groups excluding carboxylic acids is 1. The molecule has 7 heteroatoms. The van der Waals surface area contributed by atoms with Gasteiger partial charge < -0.3 is 19.9 Å². The summed E-state index contributed by atoms with van der Waals surface area (Å²) >= 11 is 0. The number of nitrogens with one attached hydrogen (secondary N) is 1. The number of aliphatic hydroxyl groups is 1. The molecule has 5 atom stereocenters. The number of nitrogens with zero attached hydrogens (tertiary/aromatic N) is 2. The van der Waals surface area contributed by atoms with Crippen molar-refractivity contribution in [2.75, 3.05) is 18.4 Å². The summed E-state index contributed by atoms with van der Waals surface area (Å²) in [5.41, 5.74) is 4.73. The molecule has 1 aromatic heterocycles. The third-order valence-corrected chi connectivity index (χ3v) is 8.92. The third-order valence-electron chi connectivity index (χ3n) is 8.92. The van der Waals surface area contributed by atoms with E-state index in [-0.39, 0.29) is 24.7 Å². The molecule has 216 valence electrons. The lowest BCUT2D eigenvalue weighted by molar-refractivity contribution is -0.253. The summed E-state index contributed by atoms with van der Waals surface area (Å²) in [6, 6.07) is 19.8. The molecule has 7 nitrogen and oxygen atoms in total. The Kier molecular flexibility index (Phi) is 7.72. The van der Waals surface area contributed by atoms with Crippen LogP contribution in [-0.2, 0) is 16.1 Å². The first-order valence-electron chi connectivity index (χ1n) is 14.7. The number of pyridine rings is 1. The summed E-state index contributed by atoms with van der Waals surface area (Å²) < 4.78 is 13.3. The van der Waals surface area contributed by atoms with Crippen molar-refractivity contribution in [2.24, 2.45) is 10.8 Å². The summed E-state index contributed by atoms with van der Waals surface area (Å²) in [7, 11) is 0. The van der Waals surface area contributed by atoms with Gasteiger partial charge in [0.25, 0.3) is 5.91 Å². The van der Waals surface area contributed by atoms with Crippen LogP contribution >= 0.6 is 0 Å². The molecule has 3 fully saturated rings. The van der Waals surface area contributed by atoms with E-state index in [1.165, 1.54) is 19.3 Å². The zero-order chi connectivity index (χ0) is 28.6. The summed E-state index contributed by atoms with van der Waals surface area (Å²) in [6.07, 6.45) is 6.99. The number of aliphatic hydroxyl groups excluding tert-OH is 1. The lowest BCUT2D eigenvalue weighted by atomic mass is 9.65. The molecule has 2 bridgehead atoms. The van der Waals surface area contributed by atoms with Gasteiger partial charge in [-0.1, -0.05) is 57.2 Å². The average molecular weight is 556 g/mol. The van der Waals surface area contributed by atoms with Crippen LogP contribution in [0.5, 0.6) is 0 Å². The van der Waals surface area contributed by atoms with E-state index in [0.29, 0.717) is 28.1 Å². The van der Waals surface area contributed by atoms with Crippen LogP contribution in [0.4, 0.5) is 5.69 Å². The predicted octanol–water partition coefficient (Wildman–Crippen LogP) is 6.27. The van der Waals surface area contributed by atoms with Crippen molar-refractivity contribution in [3.63, 3.8) is 0 Å². The fraction of sp³-hybridized carbons (Fsp3) is 0.471. The van der Waals surface area contributed by atoms with Crippen molar-refractivity contribution < 1.29 is 19.4 Å². The van der Waals surface area contributed by atoms with Gasteiger partial charge in [0.1, 0.15) is 0 Å². The van der Waals surface area contributed by atoms with Crippen LogP contribution in [0.2, 0.25) is 0 Å². The molecule has 2 aromatic carbocycles. The molecule has 1 amide bonds. The number of fused-ring (bicyclic) bond motifs is 2. The van der Waals surface area contributed by atoms with E-state index < -0.39 is 6.29 Å². The SMILES string of the molecule is CC1(C)CC2CC(C)(CN2C[C@H]2C[C@@H](c3ccc(CO)cc3)O[C@@H](c3cccc(NC(=O)c4cccnc4)c3)O2)C1. The van der Waals surface area contributed by atoms with Crippen molar-refractivity contribution in [3.8, 4) is 0 Å². The molecule has 1 saturated carbocycles. The van der Waals surface area contributed by atoms with Crippen LogP contribution in [0.15, 0.2) is 73.1 Å². The molecule has 2 N–H and O–H groups in total. The molecule has 41 heavy (non-hydrogen) atoms. The van der Waals surface area contributed by atoms with E-state index in [9.17, 15) is 9.90 Å². The standard InChI is InChI=1S/C34H41N3O4/c1-33(2)16-28-17-34(3,21-33)22-37(28)19-29-15-30(24-11-9-23(20-38)10-12-24)41-32(40-29)25-6-4-8-27(14-25)36-31(39)26-7-5-13-35-18-26/h4-14,18,28-30,32,38H,15-17,19-22H2,1-3H3,(H,36,39)/t28?,29-,30+,32+,34?/m1/s1. The predicted molar refractivity (Wildman–Crippen MR) is 158 cm³/mol. The molecule has 3 aliphatic rings. The highest BCUT2D eigenvalue weighted by Crippen LogP contribution is 2.53. The summed E-state index contributed by atoms with van der Waals surface area (Å²) in [5.74, 6) is -0.211. The van der Waals surface area contributed by atoms with E-state index in [2.05, 4.69) is 36.0 Å². The molecule has 3 aromatic rings. The van der Waals surface area contributed by atoms with Gasteiger partial charge in [0.05, 0.1) is 24.4 Å². The number of benzene rings is 2. The number of aromatic nitrogens is 1. The largest absolute Gasteiger partial charge is 0.392 e. The van der Waals surface area contributed by atoms with Gasteiger partial charge in [0.15, 0.2) is 6.29 Å². The quantitative estimate of drug-likeness (QED) is 0.357. The number of ether oxygens (including phenoxy) is 2. The van der Waals surface area contributed by atoms with E-state index in [1.807, 2.05) is 48.5 Å². The second-order valence-electron chi connectivity index (χ2n) is 13.3. The van der Waals surface area contributed by atoms with Crippen molar-refractivity contribution in [1.29, 1.82) is 0 Å². The van der Waals surface area contributed by atoms with Crippen LogP contribution in [-0.4, -0.2) is 46.1 Å². The zero-order valence-electron chi connectivity index (χ0n) is 24.3. The number of hydrogen-bond donors (Lipinski definition) is 2. The minimum absolute atomic E-state index is 0.00373. The van der Waals surface area contributed by atoms with Gasteiger partial charge in [-0.2, -0.15) is 0 Å². The Labute approximate surface area is 242 Å².